The van der Waals surface area contributed by atoms with E-state index in [0.717, 1.165) is 6.42 Å². The highest BCUT2D eigenvalue weighted by atomic mass is 14.5. The lowest BCUT2D eigenvalue weighted by atomic mass is 10.3. The number of allylic oxidation sites excluding steroid dienone is 1. The molecule has 0 saturated carbocycles. The Kier molecular flexibility index (Phi) is 93.1. The summed E-state index contributed by atoms with van der Waals surface area (Å²) in [4.78, 5) is 0. The summed E-state index contributed by atoms with van der Waals surface area (Å²) in [6.45, 7) is 17.1. The summed E-state index contributed by atoms with van der Waals surface area (Å²) in [5.74, 6) is 0. The van der Waals surface area contributed by atoms with Gasteiger partial charge in [0.2, 0.25) is 0 Å². The van der Waals surface area contributed by atoms with Crippen LogP contribution < -0.4 is 5.73 Å². The molecule has 0 aromatic carbocycles. The first-order valence-electron chi connectivity index (χ1n) is 5.68. The fraction of sp³-hybridized carbons (Fsp3) is 0.692. The van der Waals surface area contributed by atoms with Gasteiger partial charge in [-0.3, -0.25) is 0 Å². The molecular formula is C13H31N. The van der Waals surface area contributed by atoms with Crippen molar-refractivity contribution in [2.24, 2.45) is 5.73 Å². The van der Waals surface area contributed by atoms with E-state index < -0.39 is 0 Å². The Morgan fingerprint density at radius 1 is 1.00 bits per heavy atom. The molecule has 88 valence electrons. The molecule has 1 heteroatoms. The van der Waals surface area contributed by atoms with E-state index in [1.165, 1.54) is 25.5 Å². The zero-order valence-electron chi connectivity index (χ0n) is 11.0. The summed E-state index contributed by atoms with van der Waals surface area (Å²) in [6.07, 6.45) is 8.28. The van der Waals surface area contributed by atoms with Crippen LogP contribution in [0.5, 0.6) is 0 Å². The molecule has 0 amide bonds. The minimum atomic E-state index is 1.08. The Hall–Kier alpha value is -0.720. The third-order valence-electron chi connectivity index (χ3n) is 0.996. The Balaban J connectivity index is -0.0000000505. The lowest BCUT2D eigenvalue weighted by Gasteiger charge is -1.79. The Morgan fingerprint density at radius 2 is 1.21 bits per heavy atom. The van der Waals surface area contributed by atoms with Crippen molar-refractivity contribution < 1.29 is 0 Å². The van der Waals surface area contributed by atoms with Crippen LogP contribution in [-0.2, 0) is 0 Å². The Bertz CT molecular complexity index is 65.6. The molecule has 0 aromatic rings. The van der Waals surface area contributed by atoms with E-state index in [1.54, 1.807) is 0 Å². The molecule has 1 nitrogen and oxygen atoms in total. The van der Waals surface area contributed by atoms with Gasteiger partial charge in [0.15, 0.2) is 0 Å². The van der Waals surface area contributed by atoms with Crippen LogP contribution in [0, 0.1) is 0 Å². The van der Waals surface area contributed by atoms with Gasteiger partial charge < -0.3 is 5.73 Å². The van der Waals surface area contributed by atoms with Crippen LogP contribution in [0.4, 0.5) is 0 Å². The fourth-order valence-electron chi connectivity index (χ4n) is 0.354. The van der Waals surface area contributed by atoms with Gasteiger partial charge in [-0.25, -0.2) is 0 Å². The molecule has 2 N–H and O–H groups in total. The molecule has 0 aliphatic heterocycles. The highest BCUT2D eigenvalue weighted by molar-refractivity contribution is 4.60. The second kappa shape index (κ2) is 56.0. The predicted octanol–water partition coefficient (Wildman–Crippen LogP) is 4.89. The highest BCUT2D eigenvalue weighted by Crippen LogP contribution is 1.88. The van der Waals surface area contributed by atoms with E-state index in [4.69, 9.17) is 0 Å². The second-order valence-corrected chi connectivity index (χ2v) is 2.29. The van der Waals surface area contributed by atoms with Crippen molar-refractivity contribution in [1.29, 1.82) is 0 Å². The van der Waals surface area contributed by atoms with Crippen LogP contribution in [0.25, 0.3) is 0 Å². The van der Waals surface area contributed by atoms with Gasteiger partial charge in [-0.2, -0.15) is 0 Å². The standard InChI is InChI=1S/C5H12.C4H8.C2H5N.C2H6/c1-3-5-4-2;1-3-4-2;1-2-3;1-2/h3-5H2,1-2H3;3H,1,4H2,2H3;2H,1,3H2;1-2H3. The van der Waals surface area contributed by atoms with Crippen molar-refractivity contribution in [3.05, 3.63) is 25.4 Å². The van der Waals surface area contributed by atoms with E-state index in [2.05, 4.69) is 39.7 Å². The van der Waals surface area contributed by atoms with Gasteiger partial charge in [0.1, 0.15) is 0 Å². The molecule has 0 spiro atoms. The van der Waals surface area contributed by atoms with Crippen molar-refractivity contribution in [2.45, 2.75) is 60.3 Å². The van der Waals surface area contributed by atoms with E-state index in [-0.39, 0.29) is 0 Å². The molecule has 0 saturated heterocycles. The average Bonchev–Trinajstić information content (AvgIpc) is 2.24. The van der Waals surface area contributed by atoms with Crippen LogP contribution >= 0.6 is 0 Å². The topological polar surface area (TPSA) is 26.0 Å². The predicted molar refractivity (Wildman–Crippen MR) is 71.4 cm³/mol. The normalized spacial score (nSPS) is 6.07. The minimum absolute atomic E-state index is 1.08. The second-order valence-electron chi connectivity index (χ2n) is 2.29. The Morgan fingerprint density at radius 3 is 1.21 bits per heavy atom. The van der Waals surface area contributed by atoms with Crippen LogP contribution in [0.1, 0.15) is 60.3 Å². The van der Waals surface area contributed by atoms with E-state index >= 15 is 0 Å². The molecule has 0 bridgehead atoms. The molecule has 0 rings (SSSR count). The highest BCUT2D eigenvalue weighted by Gasteiger charge is 1.68. The summed E-state index contributed by atoms with van der Waals surface area (Å²) in [5, 5.41) is 0. The van der Waals surface area contributed by atoms with Crippen molar-refractivity contribution in [3.63, 3.8) is 0 Å². The summed E-state index contributed by atoms with van der Waals surface area (Å²) in [5.41, 5.74) is 4.61. The zero-order chi connectivity index (χ0) is 12.2. The minimum Gasteiger partial charge on any atom is -0.405 e. The SMILES string of the molecule is C=CCC.C=CN.CC.CCCCC. The van der Waals surface area contributed by atoms with Crippen molar-refractivity contribution in [2.75, 3.05) is 0 Å². The number of hydrogen-bond acceptors (Lipinski definition) is 1. The van der Waals surface area contributed by atoms with Crippen LogP contribution in [-0.4, -0.2) is 0 Å². The maximum Gasteiger partial charge on any atom is -0.0136 e. The van der Waals surface area contributed by atoms with Crippen LogP contribution in [0.2, 0.25) is 0 Å². The summed E-state index contributed by atoms with van der Waals surface area (Å²) < 4.78 is 0. The molecular weight excluding hydrogens is 170 g/mol. The van der Waals surface area contributed by atoms with Gasteiger partial charge >= 0.3 is 0 Å². The zero-order valence-corrected chi connectivity index (χ0v) is 11.0. The van der Waals surface area contributed by atoms with E-state index in [9.17, 15) is 0 Å². The molecule has 0 radical (unpaired) electrons. The van der Waals surface area contributed by atoms with E-state index in [0.29, 0.717) is 0 Å². The Labute approximate surface area is 92.1 Å². The quantitative estimate of drug-likeness (QED) is 0.646. The number of rotatable bonds is 3. The first-order chi connectivity index (χ1) is 6.74. The number of unbranched alkanes of at least 4 members (excludes halogenated alkanes) is 2. The van der Waals surface area contributed by atoms with Crippen molar-refractivity contribution in [3.8, 4) is 0 Å². The van der Waals surface area contributed by atoms with Gasteiger partial charge in [-0.05, 0) is 12.6 Å². The smallest absolute Gasteiger partial charge is 0.0136 e. The lowest BCUT2D eigenvalue weighted by Crippen LogP contribution is -1.67. The van der Waals surface area contributed by atoms with Crippen LogP contribution in [0.15, 0.2) is 25.4 Å². The maximum absolute atomic E-state index is 4.61. The van der Waals surface area contributed by atoms with Gasteiger partial charge in [0.25, 0.3) is 0 Å². The maximum atomic E-state index is 4.61. The van der Waals surface area contributed by atoms with Crippen LogP contribution in [0.3, 0.4) is 0 Å². The molecule has 0 atom stereocenters. The lowest BCUT2D eigenvalue weighted by molar-refractivity contribution is 0.772. The molecule has 14 heavy (non-hydrogen) atoms. The first kappa shape index (κ1) is 23.3. The average molecular weight is 201 g/mol. The van der Waals surface area contributed by atoms with Crippen molar-refractivity contribution in [1.82, 2.24) is 0 Å². The third kappa shape index (κ3) is 229. The fourth-order valence-corrected chi connectivity index (χ4v) is 0.354. The van der Waals surface area contributed by atoms with Crippen molar-refractivity contribution >= 4 is 0 Å². The summed E-state index contributed by atoms with van der Waals surface area (Å²) in [6, 6.07) is 0. The van der Waals surface area contributed by atoms with Gasteiger partial charge in [-0.1, -0.05) is 66.5 Å². The summed E-state index contributed by atoms with van der Waals surface area (Å²) in [7, 11) is 0. The first-order valence-corrected chi connectivity index (χ1v) is 5.68. The monoisotopic (exact) mass is 201 g/mol. The number of nitrogens with two attached hydrogens (primary N) is 1. The molecule has 0 unspecified atom stereocenters. The number of hydrogen-bond donors (Lipinski definition) is 1. The largest absolute Gasteiger partial charge is 0.405 e. The third-order valence-corrected chi connectivity index (χ3v) is 0.996. The molecule has 0 aliphatic carbocycles. The van der Waals surface area contributed by atoms with E-state index in [1.807, 2.05) is 19.9 Å². The molecule has 0 fully saturated rings. The molecule has 0 aliphatic rings. The summed E-state index contributed by atoms with van der Waals surface area (Å²) >= 11 is 0. The van der Waals surface area contributed by atoms with Gasteiger partial charge in [0.05, 0.1) is 0 Å². The van der Waals surface area contributed by atoms with Gasteiger partial charge in [0, 0.05) is 0 Å². The molecule has 0 aromatic heterocycles. The van der Waals surface area contributed by atoms with Gasteiger partial charge in [-0.15, -0.1) is 6.58 Å². The molecule has 0 heterocycles.